The summed E-state index contributed by atoms with van der Waals surface area (Å²) in [6.45, 7) is 5.87. The van der Waals surface area contributed by atoms with Crippen molar-refractivity contribution in [3.8, 4) is 17.0 Å². The van der Waals surface area contributed by atoms with E-state index >= 15 is 0 Å². The summed E-state index contributed by atoms with van der Waals surface area (Å²) in [5, 5.41) is 3.14. The number of methoxy groups -OCH3 is 1. The molecule has 1 aromatic heterocycles. The van der Waals surface area contributed by atoms with Gasteiger partial charge in [0, 0.05) is 43.5 Å². The fraction of sp³-hybridized carbons (Fsp3) is 0.476. The number of hydrogen-bond acceptors (Lipinski definition) is 7. The minimum absolute atomic E-state index is 0.0220. The quantitative estimate of drug-likeness (QED) is 0.615. The maximum atomic E-state index is 12.3. The molecule has 0 atom stereocenters. The van der Waals surface area contributed by atoms with Gasteiger partial charge >= 0.3 is 5.97 Å². The van der Waals surface area contributed by atoms with Crippen LogP contribution in [-0.4, -0.2) is 66.6 Å². The van der Waals surface area contributed by atoms with Crippen LogP contribution in [0.1, 0.15) is 24.8 Å². The van der Waals surface area contributed by atoms with E-state index in [0.717, 1.165) is 41.6 Å². The molecule has 7 nitrogen and oxygen atoms in total. The molecule has 8 heteroatoms. The zero-order valence-corrected chi connectivity index (χ0v) is 17.7. The maximum Gasteiger partial charge on any atom is 0.306 e. The normalized spacial score (nSPS) is 14.6. The highest BCUT2D eigenvalue weighted by Crippen LogP contribution is 2.25. The van der Waals surface area contributed by atoms with E-state index in [1.54, 1.807) is 25.4 Å². The summed E-state index contributed by atoms with van der Waals surface area (Å²) in [5.74, 6) is 0.545. The Kier molecular flexibility index (Phi) is 7.60. The number of aromatic nitrogens is 1. The molecule has 1 saturated heterocycles. The lowest BCUT2D eigenvalue weighted by Gasteiger charge is -2.34. The number of nitrogens with zero attached hydrogens (tertiary/aromatic N) is 3. The van der Waals surface area contributed by atoms with E-state index in [2.05, 4.69) is 10.3 Å². The minimum Gasteiger partial charge on any atom is -0.497 e. The molecule has 0 radical (unpaired) electrons. The first-order valence-electron chi connectivity index (χ1n) is 9.83. The molecule has 0 aliphatic carbocycles. The van der Waals surface area contributed by atoms with Crippen LogP contribution in [0.2, 0.25) is 0 Å². The monoisotopic (exact) mass is 417 g/mol. The van der Waals surface area contributed by atoms with Crippen molar-refractivity contribution < 1.29 is 19.1 Å². The van der Waals surface area contributed by atoms with Crippen molar-refractivity contribution in [2.24, 2.45) is 0 Å². The second kappa shape index (κ2) is 10.4. The Bertz CT molecular complexity index is 814. The molecule has 1 fully saturated rings. The number of thiazole rings is 1. The van der Waals surface area contributed by atoms with Gasteiger partial charge in [-0.05, 0) is 31.2 Å². The standard InChI is InChI=1S/C21H27N3O4S/c1-3-28-21(26)9-8-20(25)24-12-10-23(11-13-24)14-19-22-18(15-29-19)16-4-6-17(27-2)7-5-16/h4-7,15H,3,8-14H2,1-2H3. The highest BCUT2D eigenvalue weighted by atomic mass is 32.1. The Balaban J connectivity index is 1.45. The Morgan fingerprint density at radius 3 is 2.48 bits per heavy atom. The third-order valence-corrected chi connectivity index (χ3v) is 5.70. The van der Waals surface area contributed by atoms with Crippen molar-refractivity contribution in [2.45, 2.75) is 26.3 Å². The molecule has 1 aliphatic heterocycles. The maximum absolute atomic E-state index is 12.3. The van der Waals surface area contributed by atoms with Crippen LogP contribution >= 0.6 is 11.3 Å². The van der Waals surface area contributed by atoms with Crippen molar-refractivity contribution in [1.29, 1.82) is 0 Å². The number of carbonyl (C=O) groups excluding carboxylic acids is 2. The SMILES string of the molecule is CCOC(=O)CCC(=O)N1CCN(Cc2nc(-c3ccc(OC)cc3)cs2)CC1. The topological polar surface area (TPSA) is 72.0 Å². The first-order chi connectivity index (χ1) is 14.1. The van der Waals surface area contributed by atoms with E-state index in [-0.39, 0.29) is 24.7 Å². The minimum atomic E-state index is -0.309. The number of rotatable bonds is 8. The van der Waals surface area contributed by atoms with Gasteiger partial charge in [0.25, 0.3) is 0 Å². The summed E-state index contributed by atoms with van der Waals surface area (Å²) in [6, 6.07) is 7.90. The van der Waals surface area contributed by atoms with Gasteiger partial charge in [-0.1, -0.05) is 0 Å². The van der Waals surface area contributed by atoms with E-state index < -0.39 is 0 Å². The lowest BCUT2D eigenvalue weighted by Crippen LogP contribution is -2.48. The van der Waals surface area contributed by atoms with Gasteiger partial charge in [-0.25, -0.2) is 4.98 Å². The number of carbonyl (C=O) groups is 2. The summed E-state index contributed by atoms with van der Waals surface area (Å²) in [7, 11) is 1.66. The molecule has 0 unspecified atom stereocenters. The average molecular weight is 418 g/mol. The molecule has 0 N–H and O–H groups in total. The van der Waals surface area contributed by atoms with Crippen LogP contribution in [0.15, 0.2) is 29.6 Å². The Morgan fingerprint density at radius 2 is 1.83 bits per heavy atom. The number of benzene rings is 1. The van der Waals surface area contributed by atoms with E-state index in [1.165, 1.54) is 0 Å². The lowest BCUT2D eigenvalue weighted by atomic mass is 10.2. The molecule has 0 saturated carbocycles. The largest absolute Gasteiger partial charge is 0.497 e. The molecule has 29 heavy (non-hydrogen) atoms. The predicted octanol–water partition coefficient (Wildman–Crippen LogP) is 2.81. The van der Waals surface area contributed by atoms with Crippen LogP contribution in [0.3, 0.4) is 0 Å². The van der Waals surface area contributed by atoms with Gasteiger partial charge in [0.2, 0.25) is 5.91 Å². The van der Waals surface area contributed by atoms with Gasteiger partial charge in [0.1, 0.15) is 10.8 Å². The highest BCUT2D eigenvalue weighted by Gasteiger charge is 2.22. The zero-order valence-electron chi connectivity index (χ0n) is 16.9. The van der Waals surface area contributed by atoms with Gasteiger partial charge in [-0.3, -0.25) is 14.5 Å². The third kappa shape index (κ3) is 6.01. The van der Waals surface area contributed by atoms with Crippen molar-refractivity contribution in [3.63, 3.8) is 0 Å². The molecule has 2 heterocycles. The van der Waals surface area contributed by atoms with Gasteiger partial charge in [0.15, 0.2) is 0 Å². The summed E-state index contributed by atoms with van der Waals surface area (Å²) in [5.41, 5.74) is 2.05. The summed E-state index contributed by atoms with van der Waals surface area (Å²) in [6.07, 6.45) is 0.372. The summed E-state index contributed by atoms with van der Waals surface area (Å²) >= 11 is 1.66. The Labute approximate surface area is 175 Å². The fourth-order valence-electron chi connectivity index (χ4n) is 3.22. The molecular weight excluding hydrogens is 390 g/mol. The summed E-state index contributed by atoms with van der Waals surface area (Å²) in [4.78, 5) is 32.6. The van der Waals surface area contributed by atoms with Crippen LogP contribution in [0.5, 0.6) is 5.75 Å². The molecule has 0 spiro atoms. The molecule has 3 rings (SSSR count). The van der Waals surface area contributed by atoms with Crippen LogP contribution in [0.25, 0.3) is 11.3 Å². The molecule has 156 valence electrons. The Hall–Kier alpha value is -2.45. The molecule has 0 bridgehead atoms. The smallest absolute Gasteiger partial charge is 0.306 e. The highest BCUT2D eigenvalue weighted by molar-refractivity contribution is 7.09. The van der Waals surface area contributed by atoms with Crippen molar-refractivity contribution in [1.82, 2.24) is 14.8 Å². The molecule has 1 aliphatic rings. The van der Waals surface area contributed by atoms with Crippen LogP contribution < -0.4 is 4.74 Å². The third-order valence-electron chi connectivity index (χ3n) is 4.87. The molecule has 2 aromatic rings. The predicted molar refractivity (Wildman–Crippen MR) is 112 cm³/mol. The molecule has 1 aromatic carbocycles. The lowest BCUT2D eigenvalue weighted by molar-refractivity contribution is -0.146. The van der Waals surface area contributed by atoms with Crippen LogP contribution in [0.4, 0.5) is 0 Å². The average Bonchev–Trinajstić information content (AvgIpc) is 3.21. The zero-order chi connectivity index (χ0) is 20.6. The number of piperazine rings is 1. The van der Waals surface area contributed by atoms with Crippen molar-refractivity contribution in [2.75, 3.05) is 39.9 Å². The first-order valence-corrected chi connectivity index (χ1v) is 10.7. The van der Waals surface area contributed by atoms with Crippen molar-refractivity contribution >= 4 is 23.2 Å². The molecular formula is C21H27N3O4S. The van der Waals surface area contributed by atoms with Crippen molar-refractivity contribution in [3.05, 3.63) is 34.7 Å². The number of hydrogen-bond donors (Lipinski definition) is 0. The molecule has 1 amide bonds. The number of esters is 1. The summed E-state index contributed by atoms with van der Waals surface area (Å²) < 4.78 is 10.1. The van der Waals surface area contributed by atoms with Gasteiger partial charge in [-0.2, -0.15) is 0 Å². The van der Waals surface area contributed by atoms with Gasteiger partial charge in [-0.15, -0.1) is 11.3 Å². The van der Waals surface area contributed by atoms with E-state index in [0.29, 0.717) is 19.7 Å². The van der Waals surface area contributed by atoms with Crippen LogP contribution in [-0.2, 0) is 20.9 Å². The second-order valence-electron chi connectivity index (χ2n) is 6.82. The fourth-order valence-corrected chi connectivity index (χ4v) is 4.07. The number of ether oxygens (including phenoxy) is 2. The van der Waals surface area contributed by atoms with E-state index in [4.69, 9.17) is 14.5 Å². The van der Waals surface area contributed by atoms with E-state index in [1.807, 2.05) is 29.2 Å². The van der Waals surface area contributed by atoms with E-state index in [9.17, 15) is 9.59 Å². The van der Waals surface area contributed by atoms with Gasteiger partial charge in [0.05, 0.1) is 32.4 Å². The first kappa shape index (κ1) is 21.3. The Morgan fingerprint density at radius 1 is 1.10 bits per heavy atom. The van der Waals surface area contributed by atoms with Crippen LogP contribution in [0, 0.1) is 0 Å². The second-order valence-corrected chi connectivity index (χ2v) is 7.76. The van der Waals surface area contributed by atoms with Gasteiger partial charge < -0.3 is 14.4 Å². The number of amides is 1.